The minimum Gasteiger partial charge on any atom is -0.488 e. The van der Waals surface area contributed by atoms with Crippen molar-refractivity contribution in [3.05, 3.63) is 59.7 Å². The summed E-state index contributed by atoms with van der Waals surface area (Å²) in [6, 6.07) is 16.2. The number of carbonyl (C=O) groups excluding carboxylic acids is 1. The molecule has 0 bridgehead atoms. The van der Waals surface area contributed by atoms with Crippen LogP contribution < -0.4 is 20.3 Å². The minimum absolute atomic E-state index is 0. The van der Waals surface area contributed by atoms with Crippen LogP contribution in [0.3, 0.4) is 0 Å². The molecule has 0 saturated heterocycles. The number of rotatable bonds is 5. The molecule has 154 valence electrons. The highest BCUT2D eigenvalue weighted by atomic mass is 127. The van der Waals surface area contributed by atoms with Gasteiger partial charge in [0.1, 0.15) is 18.4 Å². The van der Waals surface area contributed by atoms with Crippen LogP contribution in [0, 0.1) is 0 Å². The topological polar surface area (TPSA) is 66.0 Å². The Morgan fingerprint density at radius 1 is 1.14 bits per heavy atom. The van der Waals surface area contributed by atoms with E-state index >= 15 is 0 Å². The molecule has 2 heterocycles. The van der Waals surface area contributed by atoms with E-state index in [0.29, 0.717) is 12.5 Å². The van der Waals surface area contributed by atoms with Gasteiger partial charge in [0.15, 0.2) is 5.96 Å². The summed E-state index contributed by atoms with van der Waals surface area (Å²) < 4.78 is 5.96. The Balaban J connectivity index is 0.00000240. The minimum atomic E-state index is 0. The van der Waals surface area contributed by atoms with E-state index in [0.717, 1.165) is 37.4 Å². The highest BCUT2D eigenvalue weighted by Crippen LogP contribution is 2.28. The lowest BCUT2D eigenvalue weighted by molar-refractivity contribution is -0.117. The molecule has 2 aliphatic heterocycles. The first-order valence-corrected chi connectivity index (χ1v) is 9.89. The fraction of sp³-hybridized carbons (Fsp3) is 0.364. The van der Waals surface area contributed by atoms with Gasteiger partial charge >= 0.3 is 0 Å². The Morgan fingerprint density at radius 2 is 1.90 bits per heavy atom. The number of nitrogens with zero attached hydrogens (tertiary/aromatic N) is 2. The van der Waals surface area contributed by atoms with Crippen molar-refractivity contribution in [3.63, 3.8) is 0 Å². The molecular formula is C22H27IN4O2. The van der Waals surface area contributed by atoms with Crippen LogP contribution in [-0.2, 0) is 17.6 Å². The van der Waals surface area contributed by atoms with Crippen LogP contribution in [0.15, 0.2) is 53.5 Å². The lowest BCUT2D eigenvalue weighted by Crippen LogP contribution is -2.43. The largest absolute Gasteiger partial charge is 0.488 e. The summed E-state index contributed by atoms with van der Waals surface area (Å²) in [5, 5.41) is 6.51. The average molecular weight is 506 g/mol. The van der Waals surface area contributed by atoms with Crippen molar-refractivity contribution >= 4 is 41.5 Å². The zero-order valence-corrected chi connectivity index (χ0v) is 18.9. The molecule has 0 spiro atoms. The molecule has 2 N–H and O–H groups in total. The van der Waals surface area contributed by atoms with Gasteiger partial charge in [-0.3, -0.25) is 4.79 Å². The molecule has 7 heteroatoms. The van der Waals surface area contributed by atoms with Crippen molar-refractivity contribution in [2.24, 2.45) is 4.99 Å². The quantitative estimate of drug-likeness (QED) is 0.372. The summed E-state index contributed by atoms with van der Waals surface area (Å²) in [7, 11) is 0. The Hall–Kier alpha value is -2.29. The SMILES string of the molecule is CCNC(=NCC(=O)N1CCc2ccccc21)NCC1Cc2ccccc2O1.I. The Kier molecular flexibility index (Phi) is 7.35. The molecule has 6 nitrogen and oxygen atoms in total. The van der Waals surface area contributed by atoms with E-state index < -0.39 is 0 Å². The number of halogens is 1. The Bertz CT molecular complexity index is 862. The third kappa shape index (κ3) is 5.01. The van der Waals surface area contributed by atoms with E-state index in [4.69, 9.17) is 4.74 Å². The third-order valence-electron chi connectivity index (χ3n) is 5.12. The summed E-state index contributed by atoms with van der Waals surface area (Å²) in [6.07, 6.45) is 1.86. The number of para-hydroxylation sites is 2. The predicted octanol–water partition coefficient (Wildman–Crippen LogP) is 2.75. The van der Waals surface area contributed by atoms with Crippen molar-refractivity contribution in [2.75, 3.05) is 31.1 Å². The maximum absolute atomic E-state index is 12.7. The second-order valence-corrected chi connectivity index (χ2v) is 7.05. The summed E-state index contributed by atoms with van der Waals surface area (Å²) >= 11 is 0. The number of benzene rings is 2. The first-order chi connectivity index (χ1) is 13.7. The van der Waals surface area contributed by atoms with Crippen LogP contribution in [0.25, 0.3) is 0 Å². The standard InChI is InChI=1S/C22H26N4O2.HI/c1-2-23-22(24-14-18-13-17-8-4-6-10-20(17)28-18)25-15-21(27)26-12-11-16-7-3-5-9-19(16)26;/h3-10,18H,2,11-15H2,1H3,(H2,23,24,25);1H. The monoisotopic (exact) mass is 506 g/mol. The second-order valence-electron chi connectivity index (χ2n) is 7.05. The van der Waals surface area contributed by atoms with Crippen molar-refractivity contribution in [2.45, 2.75) is 25.9 Å². The van der Waals surface area contributed by atoms with Crippen LogP contribution >= 0.6 is 24.0 Å². The molecule has 2 aliphatic rings. The normalized spacial score (nSPS) is 17.1. The smallest absolute Gasteiger partial charge is 0.248 e. The number of ether oxygens (including phenoxy) is 1. The van der Waals surface area contributed by atoms with Gasteiger partial charge < -0.3 is 20.3 Å². The Morgan fingerprint density at radius 3 is 2.69 bits per heavy atom. The maximum Gasteiger partial charge on any atom is 0.248 e. The maximum atomic E-state index is 12.7. The summed E-state index contributed by atoms with van der Waals surface area (Å²) in [4.78, 5) is 19.0. The van der Waals surface area contributed by atoms with Gasteiger partial charge in [-0.15, -0.1) is 24.0 Å². The van der Waals surface area contributed by atoms with Crippen LogP contribution in [0.1, 0.15) is 18.1 Å². The highest BCUT2D eigenvalue weighted by molar-refractivity contribution is 14.0. The van der Waals surface area contributed by atoms with Gasteiger partial charge in [0.05, 0.1) is 6.54 Å². The van der Waals surface area contributed by atoms with E-state index in [1.807, 2.05) is 48.2 Å². The lowest BCUT2D eigenvalue weighted by atomic mass is 10.1. The third-order valence-corrected chi connectivity index (χ3v) is 5.12. The van der Waals surface area contributed by atoms with E-state index in [1.165, 1.54) is 11.1 Å². The zero-order chi connectivity index (χ0) is 19.3. The van der Waals surface area contributed by atoms with E-state index in [9.17, 15) is 4.79 Å². The van der Waals surface area contributed by atoms with Crippen molar-refractivity contribution in [1.82, 2.24) is 10.6 Å². The molecule has 4 rings (SSSR count). The number of fused-ring (bicyclic) bond motifs is 2. The molecule has 0 aliphatic carbocycles. The summed E-state index contributed by atoms with van der Waals surface area (Å²) in [5.41, 5.74) is 3.47. The highest BCUT2D eigenvalue weighted by Gasteiger charge is 2.24. The van der Waals surface area contributed by atoms with E-state index in [2.05, 4.69) is 27.8 Å². The van der Waals surface area contributed by atoms with Gasteiger partial charge in [-0.1, -0.05) is 36.4 Å². The molecule has 29 heavy (non-hydrogen) atoms. The fourth-order valence-electron chi connectivity index (χ4n) is 3.75. The number of hydrogen-bond donors (Lipinski definition) is 2. The van der Waals surface area contributed by atoms with Crippen LogP contribution in [-0.4, -0.2) is 44.1 Å². The van der Waals surface area contributed by atoms with Crippen molar-refractivity contribution < 1.29 is 9.53 Å². The first-order valence-electron chi connectivity index (χ1n) is 9.89. The second kappa shape index (κ2) is 9.96. The lowest BCUT2D eigenvalue weighted by Gasteiger charge is -2.18. The average Bonchev–Trinajstić information content (AvgIpc) is 3.33. The Labute approximate surface area is 188 Å². The molecular weight excluding hydrogens is 479 g/mol. The molecule has 2 aromatic rings. The molecule has 0 radical (unpaired) electrons. The number of aliphatic imine (C=N–C) groups is 1. The number of amides is 1. The van der Waals surface area contributed by atoms with Gasteiger partial charge in [-0.25, -0.2) is 4.99 Å². The van der Waals surface area contributed by atoms with Crippen molar-refractivity contribution in [1.29, 1.82) is 0 Å². The van der Waals surface area contributed by atoms with Crippen LogP contribution in [0.5, 0.6) is 5.75 Å². The van der Waals surface area contributed by atoms with Gasteiger partial charge in [0.2, 0.25) is 5.91 Å². The molecule has 1 atom stereocenters. The predicted molar refractivity (Wildman–Crippen MR) is 126 cm³/mol. The zero-order valence-electron chi connectivity index (χ0n) is 16.6. The molecule has 0 aromatic heterocycles. The first kappa shape index (κ1) is 21.4. The molecule has 0 fully saturated rings. The molecule has 1 amide bonds. The van der Waals surface area contributed by atoms with E-state index in [1.54, 1.807) is 0 Å². The summed E-state index contributed by atoms with van der Waals surface area (Å²) in [5.74, 6) is 1.62. The number of carbonyl (C=O) groups is 1. The molecule has 0 saturated carbocycles. The fourth-order valence-corrected chi connectivity index (χ4v) is 3.75. The van der Waals surface area contributed by atoms with Crippen LogP contribution in [0.2, 0.25) is 0 Å². The molecule has 2 aromatic carbocycles. The van der Waals surface area contributed by atoms with Gasteiger partial charge in [-0.2, -0.15) is 0 Å². The summed E-state index contributed by atoms with van der Waals surface area (Å²) in [6.45, 7) is 4.23. The van der Waals surface area contributed by atoms with Crippen molar-refractivity contribution in [3.8, 4) is 5.75 Å². The van der Waals surface area contributed by atoms with Gasteiger partial charge in [0, 0.05) is 25.2 Å². The van der Waals surface area contributed by atoms with Gasteiger partial charge in [-0.05, 0) is 36.6 Å². The number of hydrogen-bond acceptors (Lipinski definition) is 3. The number of nitrogens with one attached hydrogen (secondary N) is 2. The molecule has 1 unspecified atom stereocenters. The number of guanidine groups is 1. The van der Waals surface area contributed by atoms with Gasteiger partial charge in [0.25, 0.3) is 0 Å². The number of anilines is 1. The van der Waals surface area contributed by atoms with E-state index in [-0.39, 0.29) is 42.5 Å². The van der Waals surface area contributed by atoms with Crippen LogP contribution in [0.4, 0.5) is 5.69 Å².